The molecule has 26 heavy (non-hydrogen) atoms. The van der Waals surface area contributed by atoms with Gasteiger partial charge in [-0.15, -0.1) is 0 Å². The second-order valence-electron chi connectivity index (χ2n) is 7.13. The summed E-state index contributed by atoms with van der Waals surface area (Å²) in [6.07, 6.45) is 8.94. The van der Waals surface area contributed by atoms with E-state index in [2.05, 4.69) is 13.1 Å². The van der Waals surface area contributed by atoms with Crippen LogP contribution in [0.15, 0.2) is 47.7 Å². The van der Waals surface area contributed by atoms with Gasteiger partial charge in [0.2, 0.25) is 0 Å². The number of likely N-dealkylation sites (N-methyl/N-ethyl adjacent to an activating group) is 1. The van der Waals surface area contributed by atoms with E-state index >= 15 is 4.39 Å². The lowest BCUT2D eigenvalue weighted by atomic mass is 9.92. The second-order valence-corrected chi connectivity index (χ2v) is 7.13. The van der Waals surface area contributed by atoms with Gasteiger partial charge in [-0.2, -0.15) is 0 Å². The smallest absolute Gasteiger partial charge is 0.143 e. The molecule has 0 aliphatic carbocycles. The molecule has 0 saturated carbocycles. The van der Waals surface area contributed by atoms with E-state index in [1.165, 1.54) is 12.1 Å². The number of nitrogens with zero attached hydrogens (tertiary/aromatic N) is 1. The standard InChI is InChI=1S/C21H29FN2O2/c1-5-26-17-13-18(22)20(19(25)14-17)21-15(2)9-7-6-8-11-24(21,4)12-10-16(3)23/h6-7,9-10,13-14,21H,5,8,11-12,23H2,1-4H3/p+1/b7-6-,15-9+,16-10+. The lowest BCUT2D eigenvalue weighted by molar-refractivity contribution is -0.928. The van der Waals surface area contributed by atoms with E-state index in [9.17, 15) is 5.11 Å². The van der Waals surface area contributed by atoms with Crippen LogP contribution in [0.1, 0.15) is 38.8 Å². The summed E-state index contributed by atoms with van der Waals surface area (Å²) in [5.74, 6) is -0.187. The highest BCUT2D eigenvalue weighted by Gasteiger charge is 2.38. The highest BCUT2D eigenvalue weighted by molar-refractivity contribution is 5.45. The highest BCUT2D eigenvalue weighted by atomic mass is 19.1. The number of benzene rings is 1. The third kappa shape index (κ3) is 4.47. The Balaban J connectivity index is 2.60. The first kappa shape index (κ1) is 20.0. The van der Waals surface area contributed by atoms with E-state index in [1.54, 1.807) is 0 Å². The van der Waals surface area contributed by atoms with Gasteiger partial charge in [0.25, 0.3) is 0 Å². The molecule has 5 heteroatoms. The molecule has 2 rings (SSSR count). The molecule has 1 aromatic rings. The first-order valence-electron chi connectivity index (χ1n) is 9.03. The summed E-state index contributed by atoms with van der Waals surface area (Å²) in [7, 11) is 2.08. The van der Waals surface area contributed by atoms with Gasteiger partial charge in [0.05, 0.1) is 32.3 Å². The van der Waals surface area contributed by atoms with E-state index < -0.39 is 5.82 Å². The average molecular weight is 361 g/mol. The molecule has 1 aliphatic rings. The van der Waals surface area contributed by atoms with E-state index in [1.807, 2.05) is 39.0 Å². The Morgan fingerprint density at radius 2 is 2.19 bits per heavy atom. The molecule has 0 radical (unpaired) electrons. The maximum atomic E-state index is 15.0. The van der Waals surface area contributed by atoms with Crippen molar-refractivity contribution < 1.29 is 18.7 Å². The first-order chi connectivity index (χ1) is 12.3. The van der Waals surface area contributed by atoms with Gasteiger partial charge in [-0.25, -0.2) is 4.39 Å². The maximum absolute atomic E-state index is 15.0. The second kappa shape index (κ2) is 8.41. The van der Waals surface area contributed by atoms with Gasteiger partial charge in [0.1, 0.15) is 23.4 Å². The molecular weight excluding hydrogens is 331 g/mol. The van der Waals surface area contributed by atoms with Crippen molar-refractivity contribution >= 4 is 0 Å². The van der Waals surface area contributed by atoms with Gasteiger partial charge < -0.3 is 20.1 Å². The fraction of sp³-hybridized carbons (Fsp3) is 0.429. The number of phenols is 1. The van der Waals surface area contributed by atoms with Crippen molar-refractivity contribution in [1.29, 1.82) is 0 Å². The van der Waals surface area contributed by atoms with Gasteiger partial charge in [0.15, 0.2) is 0 Å². The normalized spacial score (nSPS) is 27.2. The maximum Gasteiger partial charge on any atom is 0.143 e. The minimum absolute atomic E-state index is 0.0754. The number of hydrogen-bond donors (Lipinski definition) is 2. The Hall–Kier alpha value is -2.27. The van der Waals surface area contributed by atoms with E-state index in [4.69, 9.17) is 10.5 Å². The summed E-state index contributed by atoms with van der Waals surface area (Å²) < 4.78 is 20.9. The monoisotopic (exact) mass is 361 g/mol. The van der Waals surface area contributed by atoms with Gasteiger partial charge in [-0.05, 0) is 32.4 Å². The van der Waals surface area contributed by atoms with Crippen LogP contribution in [-0.4, -0.2) is 36.3 Å². The number of ether oxygens (including phenoxy) is 1. The molecule has 0 amide bonds. The summed E-state index contributed by atoms with van der Waals surface area (Å²) >= 11 is 0. The molecule has 0 spiro atoms. The summed E-state index contributed by atoms with van der Waals surface area (Å²) in [6, 6.07) is 2.54. The number of nitrogens with two attached hydrogens (primary N) is 1. The molecule has 4 nitrogen and oxygen atoms in total. The van der Waals surface area contributed by atoms with Crippen LogP contribution in [-0.2, 0) is 0 Å². The average Bonchev–Trinajstić information content (AvgIpc) is 2.55. The van der Waals surface area contributed by atoms with Crippen molar-refractivity contribution in [3.05, 3.63) is 59.1 Å². The fourth-order valence-corrected chi connectivity index (χ4v) is 3.59. The molecule has 1 aliphatic heterocycles. The molecule has 2 atom stereocenters. The predicted molar refractivity (Wildman–Crippen MR) is 103 cm³/mol. The third-order valence-electron chi connectivity index (χ3n) is 4.85. The van der Waals surface area contributed by atoms with Crippen molar-refractivity contribution in [2.24, 2.45) is 5.73 Å². The number of allylic oxidation sites excluding steroid dienone is 3. The number of phenolic OH excluding ortho intramolecular Hbond substituents is 1. The molecule has 0 bridgehead atoms. The minimum Gasteiger partial charge on any atom is -0.507 e. The van der Waals surface area contributed by atoms with E-state index in [-0.39, 0.29) is 11.8 Å². The van der Waals surface area contributed by atoms with E-state index in [0.717, 1.165) is 24.2 Å². The summed E-state index contributed by atoms with van der Waals surface area (Å²) in [6.45, 7) is 7.53. The Morgan fingerprint density at radius 1 is 1.46 bits per heavy atom. The number of aromatic hydroxyl groups is 1. The SMILES string of the molecule is CCOc1cc(O)c(C2/C(C)=C/C=C\CC[N+]2(C)C/C=C(\C)N)c(F)c1. The molecule has 142 valence electrons. The van der Waals surface area contributed by atoms with Gasteiger partial charge in [-0.1, -0.05) is 18.2 Å². The summed E-state index contributed by atoms with van der Waals surface area (Å²) in [5.41, 5.74) is 7.89. The van der Waals surface area contributed by atoms with Crippen LogP contribution in [0.4, 0.5) is 4.39 Å². The molecular formula is C21H30FN2O2+. The molecule has 0 aromatic heterocycles. The Labute approximate surface area is 155 Å². The molecule has 0 saturated heterocycles. The quantitative estimate of drug-likeness (QED) is 0.773. The number of hydrogen-bond acceptors (Lipinski definition) is 3. The first-order valence-corrected chi connectivity index (χ1v) is 9.03. The zero-order valence-electron chi connectivity index (χ0n) is 16.1. The number of halogens is 1. The zero-order valence-corrected chi connectivity index (χ0v) is 16.1. The summed E-state index contributed by atoms with van der Waals surface area (Å²) in [5, 5.41) is 10.6. The van der Waals surface area contributed by atoms with Crippen LogP contribution in [0.25, 0.3) is 0 Å². The lowest BCUT2D eigenvalue weighted by Gasteiger charge is -2.42. The van der Waals surface area contributed by atoms with Crippen LogP contribution in [0.3, 0.4) is 0 Å². The van der Waals surface area contributed by atoms with Crippen molar-refractivity contribution in [2.75, 3.05) is 26.7 Å². The number of rotatable bonds is 5. The Kier molecular flexibility index (Phi) is 6.48. The fourth-order valence-electron chi connectivity index (χ4n) is 3.59. The van der Waals surface area contributed by atoms with Gasteiger partial charge in [0, 0.05) is 24.3 Å². The lowest BCUT2D eigenvalue weighted by Crippen LogP contribution is -2.49. The number of quaternary nitrogens is 1. The Bertz CT molecular complexity index is 713. The van der Waals surface area contributed by atoms with Crippen molar-refractivity contribution in [3.63, 3.8) is 0 Å². The van der Waals surface area contributed by atoms with Crippen LogP contribution >= 0.6 is 0 Å². The van der Waals surface area contributed by atoms with Crippen LogP contribution in [0.5, 0.6) is 11.5 Å². The zero-order chi connectivity index (χ0) is 19.3. The van der Waals surface area contributed by atoms with Crippen molar-refractivity contribution in [2.45, 2.75) is 33.2 Å². The van der Waals surface area contributed by atoms with Crippen LogP contribution in [0.2, 0.25) is 0 Å². The van der Waals surface area contributed by atoms with Crippen molar-refractivity contribution in [1.82, 2.24) is 0 Å². The molecule has 0 fully saturated rings. The van der Waals surface area contributed by atoms with Crippen LogP contribution in [0, 0.1) is 5.82 Å². The molecule has 1 heterocycles. The largest absolute Gasteiger partial charge is 0.507 e. The molecule has 3 N–H and O–H groups in total. The van der Waals surface area contributed by atoms with Gasteiger partial charge in [-0.3, -0.25) is 0 Å². The van der Waals surface area contributed by atoms with Crippen LogP contribution < -0.4 is 10.5 Å². The highest BCUT2D eigenvalue weighted by Crippen LogP contribution is 2.42. The minimum atomic E-state index is -0.450. The predicted octanol–water partition coefficient (Wildman–Crippen LogP) is 4.19. The molecule has 1 aromatic carbocycles. The Morgan fingerprint density at radius 3 is 2.81 bits per heavy atom. The summed E-state index contributed by atoms with van der Waals surface area (Å²) in [4.78, 5) is 0. The van der Waals surface area contributed by atoms with Crippen molar-refractivity contribution in [3.8, 4) is 11.5 Å². The third-order valence-corrected chi connectivity index (χ3v) is 4.85. The van der Waals surface area contributed by atoms with E-state index in [0.29, 0.717) is 28.9 Å². The topological polar surface area (TPSA) is 55.5 Å². The molecule has 2 unspecified atom stereocenters. The van der Waals surface area contributed by atoms with Gasteiger partial charge >= 0.3 is 0 Å².